The number of carbonyl (C=O) groups is 1. The van der Waals surface area contributed by atoms with E-state index in [0.29, 0.717) is 16.9 Å². The summed E-state index contributed by atoms with van der Waals surface area (Å²) in [5.74, 6) is 0.571. The molecule has 0 aliphatic heterocycles. The van der Waals surface area contributed by atoms with Crippen LogP contribution in [0.1, 0.15) is 50.0 Å². The molecule has 1 aliphatic carbocycles. The Hall–Kier alpha value is -1.65. The van der Waals surface area contributed by atoms with Gasteiger partial charge in [0.1, 0.15) is 11.5 Å². The van der Waals surface area contributed by atoms with Crippen LogP contribution in [0.2, 0.25) is 0 Å². The molecule has 19 heavy (non-hydrogen) atoms. The SMILES string of the molecule is CCCC1(CNC(=O)c2cnc(NCC)cn2)CC1. The predicted molar refractivity (Wildman–Crippen MR) is 75.1 cm³/mol. The van der Waals surface area contributed by atoms with Crippen LogP contribution in [0.5, 0.6) is 0 Å². The largest absolute Gasteiger partial charge is 0.369 e. The lowest BCUT2D eigenvalue weighted by atomic mass is 10.0. The Morgan fingerprint density at radius 2 is 2.11 bits per heavy atom. The Labute approximate surface area is 114 Å². The van der Waals surface area contributed by atoms with Crippen molar-refractivity contribution in [1.82, 2.24) is 15.3 Å². The molecule has 1 amide bonds. The summed E-state index contributed by atoms with van der Waals surface area (Å²) in [5, 5.41) is 6.03. The van der Waals surface area contributed by atoms with Crippen molar-refractivity contribution in [3.8, 4) is 0 Å². The van der Waals surface area contributed by atoms with E-state index in [1.165, 1.54) is 31.9 Å². The van der Waals surface area contributed by atoms with Crippen molar-refractivity contribution in [2.24, 2.45) is 5.41 Å². The Morgan fingerprint density at radius 3 is 2.63 bits per heavy atom. The summed E-state index contributed by atoms with van der Waals surface area (Å²) in [6.07, 6.45) is 7.94. The molecule has 2 N–H and O–H groups in total. The van der Waals surface area contributed by atoms with Crippen LogP contribution >= 0.6 is 0 Å². The van der Waals surface area contributed by atoms with Crippen molar-refractivity contribution >= 4 is 11.7 Å². The zero-order valence-electron chi connectivity index (χ0n) is 11.7. The summed E-state index contributed by atoms with van der Waals surface area (Å²) >= 11 is 0. The van der Waals surface area contributed by atoms with E-state index in [4.69, 9.17) is 0 Å². The third-order valence-electron chi connectivity index (χ3n) is 3.60. The zero-order chi connectivity index (χ0) is 13.7. The van der Waals surface area contributed by atoms with E-state index < -0.39 is 0 Å². The third-order valence-corrected chi connectivity index (χ3v) is 3.60. The van der Waals surface area contributed by atoms with Crippen LogP contribution in [0.25, 0.3) is 0 Å². The summed E-state index contributed by atoms with van der Waals surface area (Å²) in [4.78, 5) is 20.2. The monoisotopic (exact) mass is 262 g/mol. The molecule has 0 bridgehead atoms. The second-order valence-corrected chi connectivity index (χ2v) is 5.25. The van der Waals surface area contributed by atoms with Crippen molar-refractivity contribution in [3.63, 3.8) is 0 Å². The van der Waals surface area contributed by atoms with Crippen molar-refractivity contribution in [2.45, 2.75) is 39.5 Å². The number of nitrogens with one attached hydrogen (secondary N) is 2. The van der Waals surface area contributed by atoms with Gasteiger partial charge >= 0.3 is 0 Å². The van der Waals surface area contributed by atoms with Gasteiger partial charge in [-0.15, -0.1) is 0 Å². The highest BCUT2D eigenvalue weighted by molar-refractivity contribution is 5.92. The third kappa shape index (κ3) is 3.66. The number of rotatable bonds is 7. The zero-order valence-corrected chi connectivity index (χ0v) is 11.7. The lowest BCUT2D eigenvalue weighted by molar-refractivity contribution is 0.0938. The molecule has 2 rings (SSSR count). The molecule has 5 heteroatoms. The van der Waals surface area contributed by atoms with Gasteiger partial charge in [0.2, 0.25) is 0 Å². The second kappa shape index (κ2) is 5.99. The first-order chi connectivity index (χ1) is 9.19. The first-order valence-electron chi connectivity index (χ1n) is 7.03. The number of amides is 1. The summed E-state index contributed by atoms with van der Waals surface area (Å²) in [7, 11) is 0. The molecule has 1 saturated carbocycles. The van der Waals surface area contributed by atoms with E-state index in [9.17, 15) is 4.79 Å². The summed E-state index contributed by atoms with van der Waals surface area (Å²) in [6.45, 7) is 5.73. The van der Waals surface area contributed by atoms with Gasteiger partial charge in [-0.3, -0.25) is 4.79 Å². The van der Waals surface area contributed by atoms with Gasteiger partial charge in [0, 0.05) is 13.1 Å². The fourth-order valence-corrected chi connectivity index (χ4v) is 2.30. The van der Waals surface area contributed by atoms with Crippen LogP contribution in [0.4, 0.5) is 5.82 Å². The van der Waals surface area contributed by atoms with Gasteiger partial charge in [-0.25, -0.2) is 9.97 Å². The first kappa shape index (κ1) is 13.8. The molecule has 1 aromatic rings. The molecule has 1 fully saturated rings. The van der Waals surface area contributed by atoms with Crippen LogP contribution in [0.3, 0.4) is 0 Å². The number of nitrogens with zero attached hydrogens (tertiary/aromatic N) is 2. The van der Waals surface area contributed by atoms with E-state index in [2.05, 4.69) is 27.5 Å². The maximum atomic E-state index is 12.0. The smallest absolute Gasteiger partial charge is 0.271 e. The predicted octanol–water partition coefficient (Wildman–Crippen LogP) is 2.22. The van der Waals surface area contributed by atoms with Crippen LogP contribution in [-0.2, 0) is 0 Å². The van der Waals surface area contributed by atoms with E-state index in [1.54, 1.807) is 6.20 Å². The standard InChI is InChI=1S/C14H22N4O/c1-3-5-14(6-7-14)10-18-13(19)11-8-17-12(9-16-11)15-4-2/h8-9H,3-7,10H2,1-2H3,(H,15,17)(H,18,19). The molecule has 0 saturated heterocycles. The number of hydrogen-bond donors (Lipinski definition) is 2. The number of carbonyl (C=O) groups excluding carboxylic acids is 1. The van der Waals surface area contributed by atoms with E-state index in [1.807, 2.05) is 6.92 Å². The molecule has 0 atom stereocenters. The Kier molecular flexibility index (Phi) is 4.35. The van der Waals surface area contributed by atoms with Gasteiger partial charge in [-0.05, 0) is 31.6 Å². The summed E-state index contributed by atoms with van der Waals surface area (Å²) < 4.78 is 0. The van der Waals surface area contributed by atoms with Gasteiger partial charge in [0.25, 0.3) is 5.91 Å². The number of hydrogen-bond acceptors (Lipinski definition) is 4. The van der Waals surface area contributed by atoms with Crippen LogP contribution < -0.4 is 10.6 Å². The van der Waals surface area contributed by atoms with Gasteiger partial charge in [-0.1, -0.05) is 13.3 Å². The fourth-order valence-electron chi connectivity index (χ4n) is 2.30. The average Bonchev–Trinajstić information content (AvgIpc) is 3.18. The molecule has 0 radical (unpaired) electrons. The van der Waals surface area contributed by atoms with Crippen molar-refractivity contribution in [3.05, 3.63) is 18.1 Å². The Morgan fingerprint density at radius 1 is 1.32 bits per heavy atom. The lowest BCUT2D eigenvalue weighted by Gasteiger charge is -2.14. The summed E-state index contributed by atoms with van der Waals surface area (Å²) in [6, 6.07) is 0. The normalized spacial score (nSPS) is 15.9. The summed E-state index contributed by atoms with van der Waals surface area (Å²) in [5.41, 5.74) is 0.746. The van der Waals surface area contributed by atoms with Crippen LogP contribution in [-0.4, -0.2) is 29.0 Å². The molecular weight excluding hydrogens is 240 g/mol. The number of aromatic nitrogens is 2. The first-order valence-corrected chi connectivity index (χ1v) is 7.03. The average molecular weight is 262 g/mol. The molecule has 5 nitrogen and oxygen atoms in total. The van der Waals surface area contributed by atoms with E-state index >= 15 is 0 Å². The van der Waals surface area contributed by atoms with Crippen molar-refractivity contribution in [2.75, 3.05) is 18.4 Å². The molecular formula is C14H22N4O. The molecule has 0 spiro atoms. The maximum Gasteiger partial charge on any atom is 0.271 e. The van der Waals surface area contributed by atoms with Crippen LogP contribution in [0.15, 0.2) is 12.4 Å². The maximum absolute atomic E-state index is 12.0. The van der Waals surface area contributed by atoms with Gasteiger partial charge in [0.15, 0.2) is 0 Å². The highest BCUT2D eigenvalue weighted by Crippen LogP contribution is 2.48. The molecule has 104 valence electrons. The van der Waals surface area contributed by atoms with Gasteiger partial charge in [0.05, 0.1) is 12.4 Å². The van der Waals surface area contributed by atoms with E-state index in [0.717, 1.165) is 13.1 Å². The minimum atomic E-state index is -0.127. The molecule has 1 aromatic heterocycles. The van der Waals surface area contributed by atoms with Crippen molar-refractivity contribution in [1.29, 1.82) is 0 Å². The minimum Gasteiger partial charge on any atom is -0.369 e. The molecule has 0 aromatic carbocycles. The Bertz CT molecular complexity index is 426. The van der Waals surface area contributed by atoms with Crippen molar-refractivity contribution < 1.29 is 4.79 Å². The van der Waals surface area contributed by atoms with E-state index in [-0.39, 0.29) is 5.91 Å². The highest BCUT2D eigenvalue weighted by Gasteiger charge is 2.41. The highest BCUT2D eigenvalue weighted by atomic mass is 16.1. The molecule has 1 heterocycles. The molecule has 1 aliphatic rings. The van der Waals surface area contributed by atoms with Crippen LogP contribution in [0, 0.1) is 5.41 Å². The number of anilines is 1. The fraction of sp³-hybridized carbons (Fsp3) is 0.643. The minimum absolute atomic E-state index is 0.127. The topological polar surface area (TPSA) is 66.9 Å². The lowest BCUT2D eigenvalue weighted by Crippen LogP contribution is -2.30. The van der Waals surface area contributed by atoms with Gasteiger partial charge < -0.3 is 10.6 Å². The Balaban J connectivity index is 1.86. The quantitative estimate of drug-likeness (QED) is 0.790. The van der Waals surface area contributed by atoms with Gasteiger partial charge in [-0.2, -0.15) is 0 Å². The second-order valence-electron chi connectivity index (χ2n) is 5.25. The molecule has 0 unspecified atom stereocenters.